The average Bonchev–Trinajstić information content (AvgIpc) is 3.50. The van der Waals surface area contributed by atoms with Crippen molar-refractivity contribution in [2.24, 2.45) is 0 Å². The molecular formula is C48H71N2O18S3+. The molecule has 0 spiro atoms. The van der Waals surface area contributed by atoms with Crippen molar-refractivity contribution in [1.29, 1.82) is 0 Å². The Morgan fingerprint density at radius 3 is 1.82 bits per heavy atom. The minimum Gasteiger partial charge on any atom is -0.481 e. The summed E-state index contributed by atoms with van der Waals surface area (Å²) >= 11 is 0. The highest BCUT2D eigenvalue weighted by Gasteiger charge is 2.44. The molecule has 0 radical (unpaired) electrons. The van der Waals surface area contributed by atoms with Gasteiger partial charge in [0.1, 0.15) is 24.6 Å². The number of carboxylic acids is 1. The molecule has 0 saturated heterocycles. The molecule has 0 saturated carbocycles. The maximum atomic E-state index is 12.4. The van der Waals surface area contributed by atoms with Crippen LogP contribution in [0, 0.1) is 0 Å². The first-order valence-corrected chi connectivity index (χ1v) is 28.1. The van der Waals surface area contributed by atoms with Gasteiger partial charge in [-0.15, -0.1) is 0 Å². The summed E-state index contributed by atoms with van der Waals surface area (Å²) in [6.07, 6.45) is 5.80. The van der Waals surface area contributed by atoms with E-state index in [0.29, 0.717) is 94.4 Å². The van der Waals surface area contributed by atoms with Crippen LogP contribution in [0.3, 0.4) is 0 Å². The smallest absolute Gasteiger partial charge is 0.305 e. The van der Waals surface area contributed by atoms with Crippen LogP contribution in [-0.4, -0.2) is 160 Å². The molecule has 2 aliphatic heterocycles. The van der Waals surface area contributed by atoms with Crippen molar-refractivity contribution in [2.45, 2.75) is 76.0 Å². The molecule has 398 valence electrons. The fourth-order valence-electron chi connectivity index (χ4n) is 8.06. The highest BCUT2D eigenvalue weighted by Crippen LogP contribution is 2.51. The second-order valence-corrected chi connectivity index (χ2v) is 22.5. The minimum absolute atomic E-state index is 0.0251. The number of fused-ring (bicyclic) bond motifs is 2. The van der Waals surface area contributed by atoms with Gasteiger partial charge in [0.15, 0.2) is 0 Å². The molecule has 2 heterocycles. The van der Waals surface area contributed by atoms with E-state index < -0.39 is 47.5 Å². The first-order chi connectivity index (χ1) is 33.4. The third kappa shape index (κ3) is 20.0. The lowest BCUT2D eigenvalue weighted by Crippen LogP contribution is -2.31. The zero-order valence-electron chi connectivity index (χ0n) is 41.2. The third-order valence-corrected chi connectivity index (χ3v) is 14.0. The number of benzene rings is 2. The molecule has 3 aliphatic rings. The van der Waals surface area contributed by atoms with E-state index in [2.05, 4.69) is 20.8 Å². The number of carbonyl (C=O) groups is 1. The fourth-order valence-corrected chi connectivity index (χ4v) is 9.57. The first-order valence-electron chi connectivity index (χ1n) is 23.5. The van der Waals surface area contributed by atoms with Crippen LogP contribution in [0.25, 0.3) is 17.4 Å². The van der Waals surface area contributed by atoms with E-state index in [9.17, 15) is 43.7 Å². The van der Waals surface area contributed by atoms with Gasteiger partial charge < -0.3 is 42.8 Å². The molecule has 71 heavy (non-hydrogen) atoms. The summed E-state index contributed by atoms with van der Waals surface area (Å²) in [5.41, 5.74) is 2.38. The highest BCUT2D eigenvalue weighted by atomic mass is 32.2. The van der Waals surface area contributed by atoms with Crippen LogP contribution >= 0.6 is 0 Å². The monoisotopic (exact) mass is 1060 g/mol. The number of ether oxygens (including phenoxy) is 6. The predicted octanol–water partition coefficient (Wildman–Crippen LogP) is 4.92. The van der Waals surface area contributed by atoms with E-state index in [1.54, 1.807) is 18.2 Å². The van der Waals surface area contributed by atoms with E-state index in [0.717, 1.165) is 16.5 Å². The van der Waals surface area contributed by atoms with Crippen LogP contribution in [0.5, 0.6) is 0 Å². The van der Waals surface area contributed by atoms with Gasteiger partial charge in [-0.25, -0.2) is 4.58 Å². The number of anilines is 1. The van der Waals surface area contributed by atoms with Crippen LogP contribution in [0.2, 0.25) is 0 Å². The number of nitrogens with zero attached hydrogens (tertiary/aromatic N) is 2. The maximum absolute atomic E-state index is 12.4. The van der Waals surface area contributed by atoms with Gasteiger partial charge in [0.05, 0.1) is 108 Å². The lowest BCUT2D eigenvalue weighted by Gasteiger charge is -2.30. The van der Waals surface area contributed by atoms with Gasteiger partial charge in [-0.1, -0.05) is 26.8 Å². The Kier molecular flexibility index (Phi) is 23.3. The van der Waals surface area contributed by atoms with Gasteiger partial charge >= 0.3 is 5.97 Å². The van der Waals surface area contributed by atoms with Crippen molar-refractivity contribution in [3.05, 3.63) is 82.6 Å². The van der Waals surface area contributed by atoms with Gasteiger partial charge in [-0.3, -0.25) is 18.5 Å². The van der Waals surface area contributed by atoms with Crippen molar-refractivity contribution >= 4 is 48.1 Å². The van der Waals surface area contributed by atoms with Crippen molar-refractivity contribution in [1.82, 2.24) is 4.58 Å². The Labute approximate surface area is 417 Å². The standard InChI is InChI=1S/C48H70N2O18S3/c1-6-49(18-9-33-70(56,57)58)37-12-14-40-41(47(2,3)4)35-38(68-44(40)34-37)10-7-11-45-48(5,17-8-32-69(53,54)55)42-36-39(71(59,60)61)13-15-43(42)50(45)19-21-63-23-25-65-27-29-67-31-30-66-28-26-64-24-22-62-20-16-46(51)52/h7,10-15,34-36H,6,8-9,16-33H2,1-5H3,(H3-,51,52,53,54,55,56,57,58,59,60,61)/p+1. The predicted molar refractivity (Wildman–Crippen MR) is 267 cm³/mol. The number of aliphatic carboxylic acids is 1. The zero-order valence-corrected chi connectivity index (χ0v) is 43.7. The number of allylic oxidation sites excluding steroid dienone is 3. The SMILES string of the molecule is CC[N+](CCCS(=O)(=O)O)=c1ccc2c(C(C)(C)C)cc(/C=C/C=C3/N(CCOCCOCCOCCOCCOCCOCCC(=O)O)c4ccc(S(=O)(=O)O)cc4C3(C)CCCS(=O)(=O)O)oc-2c1. The van der Waals surface area contributed by atoms with Crippen molar-refractivity contribution in [3.8, 4) is 11.3 Å². The summed E-state index contributed by atoms with van der Waals surface area (Å²) in [6.45, 7) is 15.0. The lowest BCUT2D eigenvalue weighted by molar-refractivity contribution is -0.138. The molecule has 1 aliphatic carbocycles. The molecule has 4 N–H and O–H groups in total. The molecule has 23 heteroatoms. The minimum atomic E-state index is -4.62. The van der Waals surface area contributed by atoms with Crippen LogP contribution in [0.15, 0.2) is 69.6 Å². The molecule has 0 bridgehead atoms. The normalized spacial score (nSPS) is 16.7. The summed E-state index contributed by atoms with van der Waals surface area (Å²) < 4.78 is 142. The number of hydrogen-bond donors (Lipinski definition) is 4. The van der Waals surface area contributed by atoms with Gasteiger partial charge in [0.25, 0.3) is 30.4 Å². The topological polar surface area (TPSA) is 275 Å². The Morgan fingerprint density at radius 1 is 0.746 bits per heavy atom. The van der Waals surface area contributed by atoms with Crippen LogP contribution < -0.4 is 14.8 Å². The van der Waals surface area contributed by atoms with Crippen LogP contribution in [0.1, 0.15) is 77.2 Å². The molecule has 20 nitrogen and oxygen atoms in total. The van der Waals surface area contributed by atoms with Crippen molar-refractivity contribution < 1.29 is 81.7 Å². The van der Waals surface area contributed by atoms with Crippen LogP contribution in [-0.2, 0) is 74.4 Å². The van der Waals surface area contributed by atoms with Crippen molar-refractivity contribution in [2.75, 3.05) is 115 Å². The third-order valence-electron chi connectivity index (χ3n) is 11.5. The van der Waals surface area contributed by atoms with Gasteiger partial charge in [-0.2, -0.15) is 25.3 Å². The molecule has 1 aromatic carbocycles. The second kappa shape index (κ2) is 27.8. The van der Waals surface area contributed by atoms with Gasteiger partial charge in [0, 0.05) is 41.4 Å². The number of carboxylic acid groups (broad SMARTS) is 1. The lowest BCUT2D eigenvalue weighted by atomic mass is 9.77. The van der Waals surface area contributed by atoms with E-state index in [1.807, 2.05) is 53.7 Å². The highest BCUT2D eigenvalue weighted by molar-refractivity contribution is 7.86. The van der Waals surface area contributed by atoms with E-state index >= 15 is 0 Å². The largest absolute Gasteiger partial charge is 0.481 e. The fraction of sp³-hybridized carbons (Fsp3) is 0.583. The zero-order chi connectivity index (χ0) is 52.3. The van der Waals surface area contributed by atoms with E-state index in [1.165, 1.54) is 12.1 Å². The molecule has 0 fully saturated rings. The summed E-state index contributed by atoms with van der Waals surface area (Å²) in [4.78, 5) is 12.1. The van der Waals surface area contributed by atoms with Gasteiger partial charge in [-0.05, 0) is 85.7 Å². The Bertz CT molecular complexity index is 2640. The Hall–Kier alpha value is -4.11. The van der Waals surface area contributed by atoms with E-state index in [4.69, 9.17) is 37.9 Å². The number of hydrogen-bond acceptors (Lipinski definition) is 15. The summed E-state index contributed by atoms with van der Waals surface area (Å²) in [5, 5.41) is 9.40. The molecule has 0 aromatic heterocycles. The molecule has 0 amide bonds. The summed E-state index contributed by atoms with van der Waals surface area (Å²) in [7, 11) is -13.1. The molecule has 1 unspecified atom stereocenters. The summed E-state index contributed by atoms with van der Waals surface area (Å²) in [5.74, 6) is -0.706. The first kappa shape index (κ1) is 59.5. The molecule has 1 atom stereocenters. The second-order valence-electron chi connectivity index (χ2n) is 18.0. The van der Waals surface area contributed by atoms with E-state index in [-0.39, 0.29) is 74.7 Å². The number of rotatable bonds is 33. The van der Waals surface area contributed by atoms with Crippen LogP contribution in [0.4, 0.5) is 5.69 Å². The quantitative estimate of drug-likeness (QED) is 0.0358. The summed E-state index contributed by atoms with van der Waals surface area (Å²) in [6, 6.07) is 12.1. The Balaban J connectivity index is 1.49. The van der Waals surface area contributed by atoms with Gasteiger partial charge in [0.2, 0.25) is 5.36 Å². The molecule has 4 rings (SSSR count). The maximum Gasteiger partial charge on any atom is 0.305 e. The molecular weight excluding hydrogens is 989 g/mol. The molecule has 1 aromatic rings. The average molecular weight is 1060 g/mol. The van der Waals surface area contributed by atoms with Crippen molar-refractivity contribution in [3.63, 3.8) is 0 Å². The Morgan fingerprint density at radius 2 is 1.30 bits per heavy atom.